The van der Waals surface area contributed by atoms with E-state index in [-0.39, 0.29) is 4.90 Å². The number of thioether (sulfide) groups is 1. The van der Waals surface area contributed by atoms with Crippen LogP contribution in [0.2, 0.25) is 0 Å². The summed E-state index contributed by atoms with van der Waals surface area (Å²) in [4.78, 5) is 4.33. The van der Waals surface area contributed by atoms with Gasteiger partial charge in [-0.3, -0.25) is 0 Å². The molecule has 0 radical (unpaired) electrons. The van der Waals surface area contributed by atoms with E-state index in [1.807, 2.05) is 13.0 Å². The quantitative estimate of drug-likeness (QED) is 0.785. The molecule has 8 heteroatoms. The lowest BCUT2D eigenvalue weighted by molar-refractivity contribution is 0.393. The molecule has 0 aliphatic heterocycles. The minimum Gasteiger partial charge on any atom is -0.361 e. The SMILES string of the molecule is Cc1cc(CSc2ccc(S(=O)(=O)N(C)C)cn2)no1. The van der Waals surface area contributed by atoms with Gasteiger partial charge in [0.1, 0.15) is 10.7 Å². The molecule has 0 amide bonds. The molecule has 0 bridgehead atoms. The van der Waals surface area contributed by atoms with Crippen molar-refractivity contribution in [2.75, 3.05) is 14.1 Å². The fourth-order valence-corrected chi connectivity index (χ4v) is 3.02. The zero-order valence-electron chi connectivity index (χ0n) is 11.4. The summed E-state index contributed by atoms with van der Waals surface area (Å²) in [5.41, 5.74) is 0.833. The first kappa shape index (κ1) is 15.0. The van der Waals surface area contributed by atoms with Crippen LogP contribution in [-0.4, -0.2) is 37.0 Å². The predicted octanol–water partition coefficient (Wildman–Crippen LogP) is 1.92. The largest absolute Gasteiger partial charge is 0.361 e. The minimum atomic E-state index is -3.42. The highest BCUT2D eigenvalue weighted by molar-refractivity contribution is 7.98. The summed E-state index contributed by atoms with van der Waals surface area (Å²) >= 11 is 1.47. The Labute approximate surface area is 122 Å². The van der Waals surface area contributed by atoms with Gasteiger partial charge in [0.15, 0.2) is 0 Å². The van der Waals surface area contributed by atoms with Crippen molar-refractivity contribution in [3.8, 4) is 0 Å². The maximum absolute atomic E-state index is 11.9. The van der Waals surface area contributed by atoms with Crippen molar-refractivity contribution in [2.24, 2.45) is 0 Å². The third-order valence-electron chi connectivity index (χ3n) is 2.53. The highest BCUT2D eigenvalue weighted by atomic mass is 32.2. The van der Waals surface area contributed by atoms with Crippen LogP contribution in [0.4, 0.5) is 0 Å². The number of nitrogens with zero attached hydrogens (tertiary/aromatic N) is 3. The topological polar surface area (TPSA) is 76.3 Å². The number of pyridine rings is 1. The van der Waals surface area contributed by atoms with Crippen molar-refractivity contribution in [3.63, 3.8) is 0 Å². The lowest BCUT2D eigenvalue weighted by atomic mass is 10.4. The van der Waals surface area contributed by atoms with E-state index in [0.29, 0.717) is 5.75 Å². The summed E-state index contributed by atoms with van der Waals surface area (Å²) in [6, 6.07) is 5.10. The number of rotatable bonds is 5. The van der Waals surface area contributed by atoms with Gasteiger partial charge in [0.2, 0.25) is 10.0 Å². The molecule has 2 aromatic rings. The Morgan fingerprint density at radius 3 is 2.60 bits per heavy atom. The van der Waals surface area contributed by atoms with E-state index in [1.54, 1.807) is 12.1 Å². The highest BCUT2D eigenvalue weighted by Gasteiger charge is 2.17. The third-order valence-corrected chi connectivity index (χ3v) is 5.31. The van der Waals surface area contributed by atoms with Crippen LogP contribution < -0.4 is 0 Å². The number of aryl methyl sites for hydroxylation is 1. The van der Waals surface area contributed by atoms with Crippen LogP contribution in [0, 0.1) is 6.92 Å². The van der Waals surface area contributed by atoms with Gasteiger partial charge in [0.25, 0.3) is 0 Å². The van der Waals surface area contributed by atoms with E-state index in [0.717, 1.165) is 20.8 Å². The van der Waals surface area contributed by atoms with Gasteiger partial charge in [0, 0.05) is 32.1 Å². The molecule has 2 rings (SSSR count). The maximum atomic E-state index is 11.9. The van der Waals surface area contributed by atoms with Crippen LogP contribution in [0.1, 0.15) is 11.5 Å². The van der Waals surface area contributed by atoms with E-state index in [1.165, 1.54) is 32.1 Å². The molecule has 0 aliphatic carbocycles. The summed E-state index contributed by atoms with van der Waals surface area (Å²) in [5.74, 6) is 1.39. The van der Waals surface area contributed by atoms with E-state index in [2.05, 4.69) is 10.1 Å². The zero-order valence-corrected chi connectivity index (χ0v) is 13.0. The average molecular weight is 313 g/mol. The highest BCUT2D eigenvalue weighted by Crippen LogP contribution is 2.22. The second kappa shape index (κ2) is 5.94. The first-order valence-electron chi connectivity index (χ1n) is 5.83. The number of hydrogen-bond acceptors (Lipinski definition) is 6. The lowest BCUT2D eigenvalue weighted by Gasteiger charge is -2.10. The molecule has 0 saturated heterocycles. The zero-order chi connectivity index (χ0) is 14.8. The van der Waals surface area contributed by atoms with Gasteiger partial charge >= 0.3 is 0 Å². The van der Waals surface area contributed by atoms with Crippen LogP contribution in [-0.2, 0) is 15.8 Å². The first-order valence-corrected chi connectivity index (χ1v) is 8.26. The summed E-state index contributed by atoms with van der Waals surface area (Å²) in [7, 11) is -0.441. The molecule has 0 N–H and O–H groups in total. The Hall–Kier alpha value is -1.38. The second-order valence-corrected chi connectivity index (χ2v) is 7.48. The molecule has 2 heterocycles. The molecule has 6 nitrogen and oxygen atoms in total. The van der Waals surface area contributed by atoms with Crippen molar-refractivity contribution in [2.45, 2.75) is 22.6 Å². The molecule has 0 spiro atoms. The molecule has 0 saturated carbocycles. The molecule has 0 fully saturated rings. The Bertz CT molecular complexity index is 678. The van der Waals surface area contributed by atoms with Gasteiger partial charge in [-0.15, -0.1) is 0 Å². The van der Waals surface area contributed by atoms with Crippen LogP contribution in [0.25, 0.3) is 0 Å². The molecule has 0 aliphatic rings. The molecule has 0 atom stereocenters. The maximum Gasteiger partial charge on any atom is 0.244 e. The molecule has 20 heavy (non-hydrogen) atoms. The van der Waals surface area contributed by atoms with Gasteiger partial charge in [-0.1, -0.05) is 16.9 Å². The molecular weight excluding hydrogens is 298 g/mol. The predicted molar refractivity (Wildman–Crippen MR) is 75.9 cm³/mol. The Kier molecular flexibility index (Phi) is 4.46. The van der Waals surface area contributed by atoms with Crippen molar-refractivity contribution in [1.82, 2.24) is 14.4 Å². The number of sulfonamides is 1. The normalized spacial score (nSPS) is 12.0. The van der Waals surface area contributed by atoms with E-state index >= 15 is 0 Å². The lowest BCUT2D eigenvalue weighted by Crippen LogP contribution is -2.22. The molecular formula is C12H15N3O3S2. The Balaban J connectivity index is 2.05. The monoisotopic (exact) mass is 313 g/mol. The minimum absolute atomic E-state index is 0.184. The van der Waals surface area contributed by atoms with Crippen LogP contribution >= 0.6 is 11.8 Å². The van der Waals surface area contributed by atoms with E-state index < -0.39 is 10.0 Å². The van der Waals surface area contributed by atoms with Crippen LogP contribution in [0.15, 0.2) is 38.8 Å². The van der Waals surface area contributed by atoms with Crippen molar-refractivity contribution < 1.29 is 12.9 Å². The van der Waals surface area contributed by atoms with Gasteiger partial charge in [-0.2, -0.15) is 0 Å². The molecule has 2 aromatic heterocycles. The van der Waals surface area contributed by atoms with Crippen LogP contribution in [0.5, 0.6) is 0 Å². The first-order chi connectivity index (χ1) is 9.39. The molecule has 0 unspecified atom stereocenters. The molecule has 108 valence electrons. The number of hydrogen-bond donors (Lipinski definition) is 0. The summed E-state index contributed by atoms with van der Waals surface area (Å²) < 4.78 is 29.9. The summed E-state index contributed by atoms with van der Waals surface area (Å²) in [5, 5.41) is 4.62. The van der Waals surface area contributed by atoms with Gasteiger partial charge in [0.05, 0.1) is 10.7 Å². The average Bonchev–Trinajstić information content (AvgIpc) is 2.82. The smallest absolute Gasteiger partial charge is 0.244 e. The van der Waals surface area contributed by atoms with E-state index in [4.69, 9.17) is 4.52 Å². The number of aromatic nitrogens is 2. The van der Waals surface area contributed by atoms with E-state index in [9.17, 15) is 8.42 Å². The molecule has 0 aromatic carbocycles. The summed E-state index contributed by atoms with van der Waals surface area (Å²) in [6.07, 6.45) is 1.37. The van der Waals surface area contributed by atoms with Gasteiger partial charge < -0.3 is 4.52 Å². The Morgan fingerprint density at radius 1 is 1.35 bits per heavy atom. The van der Waals surface area contributed by atoms with Gasteiger partial charge in [-0.05, 0) is 19.1 Å². The van der Waals surface area contributed by atoms with Crippen LogP contribution in [0.3, 0.4) is 0 Å². The third kappa shape index (κ3) is 3.38. The van der Waals surface area contributed by atoms with Gasteiger partial charge in [-0.25, -0.2) is 17.7 Å². The second-order valence-electron chi connectivity index (χ2n) is 4.34. The van der Waals surface area contributed by atoms with Crippen molar-refractivity contribution >= 4 is 21.8 Å². The van der Waals surface area contributed by atoms with Crippen molar-refractivity contribution in [3.05, 3.63) is 35.9 Å². The summed E-state index contributed by atoms with van der Waals surface area (Å²) in [6.45, 7) is 1.83. The fraction of sp³-hybridized carbons (Fsp3) is 0.333. The standard InChI is InChI=1S/C12H15N3O3S2/c1-9-6-10(14-18-9)8-19-12-5-4-11(7-13-12)20(16,17)15(2)3/h4-7H,8H2,1-3H3. The fourth-order valence-electron chi connectivity index (χ4n) is 1.45. The Morgan fingerprint density at radius 2 is 2.10 bits per heavy atom. The van der Waals surface area contributed by atoms with Crippen molar-refractivity contribution in [1.29, 1.82) is 0 Å².